The van der Waals surface area contributed by atoms with E-state index in [1.54, 1.807) is 42.1 Å². The van der Waals surface area contributed by atoms with E-state index in [0.717, 1.165) is 17.7 Å². The van der Waals surface area contributed by atoms with Gasteiger partial charge in [0.2, 0.25) is 5.91 Å². The maximum absolute atomic E-state index is 12.2. The van der Waals surface area contributed by atoms with Crippen LogP contribution in [0.25, 0.3) is 0 Å². The molecule has 1 atom stereocenters. The largest absolute Gasteiger partial charge is 0.349 e. The molecule has 1 amide bonds. The fourth-order valence-corrected chi connectivity index (χ4v) is 5.12. The second-order valence-corrected chi connectivity index (χ2v) is 8.92. The quantitative estimate of drug-likeness (QED) is 0.888. The number of benzene rings is 2. The number of hydrogen-bond donors (Lipinski definition) is 1. The van der Waals surface area contributed by atoms with E-state index in [1.165, 1.54) is 4.90 Å². The molecule has 1 heterocycles. The lowest BCUT2D eigenvalue weighted by Crippen LogP contribution is -2.31. The summed E-state index contributed by atoms with van der Waals surface area (Å²) in [4.78, 5) is 13.7. The monoisotopic (exact) mass is 361 g/mol. The van der Waals surface area contributed by atoms with Crippen LogP contribution in [0, 0.1) is 0 Å². The molecule has 1 aliphatic rings. The van der Waals surface area contributed by atoms with Crippen LogP contribution in [-0.2, 0) is 14.6 Å². The Kier molecular flexibility index (Phi) is 5.26. The summed E-state index contributed by atoms with van der Waals surface area (Å²) in [5.41, 5.74) is 1.12. The second-order valence-electron chi connectivity index (χ2n) is 5.68. The first-order valence-corrected chi connectivity index (χ1v) is 10.5. The number of nitrogens with one attached hydrogen (secondary N) is 1. The highest BCUT2D eigenvalue weighted by molar-refractivity contribution is 7.99. The maximum atomic E-state index is 12.2. The van der Waals surface area contributed by atoms with Crippen LogP contribution in [0.1, 0.15) is 24.4 Å². The summed E-state index contributed by atoms with van der Waals surface area (Å²) < 4.78 is 24.5. The van der Waals surface area contributed by atoms with Gasteiger partial charge in [-0.1, -0.05) is 36.4 Å². The number of hydrogen-bond acceptors (Lipinski definition) is 4. The summed E-state index contributed by atoms with van der Waals surface area (Å²) >= 11 is 1.79. The highest BCUT2D eigenvalue weighted by Crippen LogP contribution is 2.35. The topological polar surface area (TPSA) is 63.2 Å². The van der Waals surface area contributed by atoms with Crippen molar-refractivity contribution < 1.29 is 13.2 Å². The zero-order valence-corrected chi connectivity index (χ0v) is 14.8. The third-order valence-corrected chi connectivity index (χ3v) is 6.85. The Bertz CT molecular complexity index is 819. The lowest BCUT2D eigenvalue weighted by Gasteiger charge is -2.25. The van der Waals surface area contributed by atoms with Crippen LogP contribution < -0.4 is 5.32 Å². The van der Waals surface area contributed by atoms with Crippen LogP contribution in [0.4, 0.5) is 0 Å². The summed E-state index contributed by atoms with van der Waals surface area (Å²) in [6, 6.07) is 16.2. The minimum absolute atomic E-state index is 0.0248. The van der Waals surface area contributed by atoms with Crippen molar-refractivity contribution in [1.82, 2.24) is 5.32 Å². The summed E-state index contributed by atoms with van der Waals surface area (Å²) in [5.74, 6) is 0.553. The van der Waals surface area contributed by atoms with Gasteiger partial charge in [-0.05, 0) is 30.2 Å². The minimum Gasteiger partial charge on any atom is -0.349 e. The summed E-state index contributed by atoms with van der Waals surface area (Å²) in [7, 11) is -3.42. The molecule has 0 spiro atoms. The van der Waals surface area contributed by atoms with E-state index in [0.29, 0.717) is 0 Å². The van der Waals surface area contributed by atoms with Crippen molar-refractivity contribution in [3.05, 3.63) is 60.2 Å². The fourth-order valence-electron chi connectivity index (χ4n) is 2.73. The number of fused-ring (bicyclic) bond motifs is 1. The molecule has 6 heteroatoms. The fraction of sp³-hybridized carbons (Fsp3) is 0.278. The van der Waals surface area contributed by atoms with Gasteiger partial charge in [0.25, 0.3) is 0 Å². The van der Waals surface area contributed by atoms with E-state index >= 15 is 0 Å². The zero-order valence-electron chi connectivity index (χ0n) is 13.1. The molecule has 2 aromatic carbocycles. The highest BCUT2D eigenvalue weighted by atomic mass is 32.2. The van der Waals surface area contributed by atoms with Gasteiger partial charge in [0.15, 0.2) is 9.84 Å². The molecular formula is C18H19NO3S2. The Hall–Kier alpha value is -1.79. The van der Waals surface area contributed by atoms with Gasteiger partial charge in [0, 0.05) is 17.1 Å². The van der Waals surface area contributed by atoms with Crippen molar-refractivity contribution in [3.8, 4) is 0 Å². The Morgan fingerprint density at radius 1 is 1.08 bits per heavy atom. The molecule has 1 N–H and O–H groups in total. The van der Waals surface area contributed by atoms with Crippen LogP contribution in [0.15, 0.2) is 64.4 Å². The van der Waals surface area contributed by atoms with E-state index < -0.39 is 9.84 Å². The molecule has 4 nitrogen and oxygen atoms in total. The van der Waals surface area contributed by atoms with Gasteiger partial charge in [-0.2, -0.15) is 0 Å². The van der Waals surface area contributed by atoms with E-state index in [2.05, 4.69) is 11.4 Å². The Balaban J connectivity index is 1.61. The van der Waals surface area contributed by atoms with Gasteiger partial charge >= 0.3 is 0 Å². The maximum Gasteiger partial charge on any atom is 0.221 e. The molecule has 126 valence electrons. The molecular weight excluding hydrogens is 342 g/mol. The first kappa shape index (κ1) is 17.0. The number of amides is 1. The average molecular weight is 361 g/mol. The number of sulfone groups is 1. The van der Waals surface area contributed by atoms with E-state index in [4.69, 9.17) is 0 Å². The van der Waals surface area contributed by atoms with Crippen molar-refractivity contribution in [2.75, 3.05) is 11.5 Å². The summed E-state index contributed by atoms with van der Waals surface area (Å²) in [6.45, 7) is 0. The molecule has 0 radical (unpaired) electrons. The Morgan fingerprint density at radius 3 is 2.58 bits per heavy atom. The average Bonchev–Trinajstić information content (AvgIpc) is 2.61. The van der Waals surface area contributed by atoms with Gasteiger partial charge in [0.05, 0.1) is 16.7 Å². The van der Waals surface area contributed by atoms with Crippen LogP contribution in [0.5, 0.6) is 0 Å². The zero-order chi connectivity index (χ0) is 17.0. The summed E-state index contributed by atoms with van der Waals surface area (Å²) in [6.07, 6.45) is 0.835. The summed E-state index contributed by atoms with van der Waals surface area (Å²) in [5, 5.41) is 2.98. The lowest BCUT2D eigenvalue weighted by atomic mass is 10.0. The molecule has 0 bridgehead atoms. The van der Waals surface area contributed by atoms with Crippen molar-refractivity contribution >= 4 is 27.5 Å². The molecule has 24 heavy (non-hydrogen) atoms. The molecule has 0 saturated carbocycles. The Morgan fingerprint density at radius 2 is 1.79 bits per heavy atom. The highest BCUT2D eigenvalue weighted by Gasteiger charge is 2.23. The van der Waals surface area contributed by atoms with Crippen molar-refractivity contribution in [3.63, 3.8) is 0 Å². The van der Waals surface area contributed by atoms with E-state index in [9.17, 15) is 13.2 Å². The molecule has 0 aromatic heterocycles. The van der Waals surface area contributed by atoms with Crippen LogP contribution in [0.2, 0.25) is 0 Å². The molecule has 0 aliphatic carbocycles. The third kappa shape index (κ3) is 3.99. The normalized spacial score (nSPS) is 17.1. The first-order valence-electron chi connectivity index (χ1n) is 7.85. The minimum atomic E-state index is -3.42. The molecule has 0 saturated heterocycles. The van der Waals surface area contributed by atoms with Gasteiger partial charge in [-0.15, -0.1) is 11.8 Å². The lowest BCUT2D eigenvalue weighted by molar-refractivity contribution is -0.121. The van der Waals surface area contributed by atoms with Gasteiger partial charge in [-0.25, -0.2) is 8.42 Å². The second kappa shape index (κ2) is 7.40. The van der Waals surface area contributed by atoms with E-state index in [-0.39, 0.29) is 29.0 Å². The predicted molar refractivity (Wildman–Crippen MR) is 95.8 cm³/mol. The van der Waals surface area contributed by atoms with Crippen LogP contribution >= 0.6 is 11.8 Å². The number of rotatable bonds is 5. The van der Waals surface area contributed by atoms with Crippen molar-refractivity contribution in [1.29, 1.82) is 0 Å². The van der Waals surface area contributed by atoms with Gasteiger partial charge in [-0.3, -0.25) is 4.79 Å². The number of carbonyl (C=O) groups excluding carboxylic acids is 1. The molecule has 0 fully saturated rings. The van der Waals surface area contributed by atoms with Crippen LogP contribution in [0.3, 0.4) is 0 Å². The van der Waals surface area contributed by atoms with Crippen molar-refractivity contribution in [2.45, 2.75) is 28.7 Å². The van der Waals surface area contributed by atoms with Gasteiger partial charge in [0.1, 0.15) is 0 Å². The van der Waals surface area contributed by atoms with Crippen LogP contribution in [-0.4, -0.2) is 25.8 Å². The predicted octanol–water partition coefficient (Wildman–Crippen LogP) is 3.20. The van der Waals surface area contributed by atoms with Crippen molar-refractivity contribution in [2.24, 2.45) is 0 Å². The number of thioether (sulfide) groups is 1. The van der Waals surface area contributed by atoms with Gasteiger partial charge < -0.3 is 5.32 Å². The SMILES string of the molecule is O=C(CCS(=O)(=O)c1ccccc1)NC1CCSc2ccccc21. The molecule has 3 rings (SSSR count). The molecule has 1 unspecified atom stereocenters. The molecule has 2 aromatic rings. The standard InChI is InChI=1S/C18H19NO3S2/c20-18(11-13-24(21,22)14-6-2-1-3-7-14)19-16-10-12-23-17-9-5-4-8-15(16)17/h1-9,16H,10-13H2,(H,19,20). The molecule has 1 aliphatic heterocycles. The first-order chi connectivity index (χ1) is 11.6. The smallest absolute Gasteiger partial charge is 0.221 e. The number of carbonyl (C=O) groups is 1. The Labute approximate surface area is 146 Å². The third-order valence-electron chi connectivity index (χ3n) is 3.99. The van der Waals surface area contributed by atoms with E-state index in [1.807, 2.05) is 18.2 Å².